The third kappa shape index (κ3) is 4.80. The molecule has 0 unspecified atom stereocenters. The molecule has 0 aliphatic heterocycles. The summed E-state index contributed by atoms with van der Waals surface area (Å²) < 4.78 is 0.980. The van der Waals surface area contributed by atoms with Crippen molar-refractivity contribution in [1.82, 2.24) is 5.32 Å². The van der Waals surface area contributed by atoms with E-state index in [2.05, 4.69) is 27.8 Å². The van der Waals surface area contributed by atoms with Crippen molar-refractivity contribution in [2.75, 3.05) is 13.1 Å². The van der Waals surface area contributed by atoms with Crippen LogP contribution in [-0.2, 0) is 6.42 Å². The highest BCUT2D eigenvalue weighted by Gasteiger charge is 1.93. The summed E-state index contributed by atoms with van der Waals surface area (Å²) in [6, 6.07) is 7.93. The first-order valence-corrected chi connectivity index (χ1v) is 5.64. The van der Waals surface area contributed by atoms with Gasteiger partial charge in [0.2, 0.25) is 0 Å². The molecule has 1 aromatic carbocycles. The molecule has 1 rings (SSSR count). The molecule has 0 heterocycles. The second-order valence-corrected chi connectivity index (χ2v) is 4.63. The Kier molecular flexibility index (Phi) is 5.23. The number of hydrogen-bond acceptors (Lipinski definition) is 1. The fourth-order valence-corrected chi connectivity index (χ4v) is 1.43. The van der Waals surface area contributed by atoms with Crippen LogP contribution in [0.25, 0.3) is 0 Å². The van der Waals surface area contributed by atoms with Crippen LogP contribution < -0.4 is 5.32 Å². The van der Waals surface area contributed by atoms with Gasteiger partial charge in [-0.2, -0.15) is 0 Å². The Balaban J connectivity index is 2.25. The van der Waals surface area contributed by atoms with Crippen molar-refractivity contribution in [3.05, 3.63) is 45.9 Å². The number of halogens is 2. The van der Waals surface area contributed by atoms with E-state index in [-0.39, 0.29) is 0 Å². The van der Waals surface area contributed by atoms with Crippen molar-refractivity contribution in [3.8, 4) is 0 Å². The van der Waals surface area contributed by atoms with E-state index >= 15 is 0 Å². The van der Waals surface area contributed by atoms with E-state index in [0.717, 1.165) is 29.0 Å². The molecule has 0 spiro atoms. The van der Waals surface area contributed by atoms with Gasteiger partial charge in [-0.1, -0.05) is 46.2 Å². The average molecular weight is 275 g/mol. The molecule has 1 aromatic rings. The second-order valence-electron chi connectivity index (χ2n) is 3.07. The molecular weight excluding hydrogens is 261 g/mol. The molecule has 0 radical (unpaired) electrons. The molecule has 0 amide bonds. The van der Waals surface area contributed by atoms with Crippen LogP contribution in [0, 0.1) is 0 Å². The number of hydrogen-bond donors (Lipinski definition) is 1. The van der Waals surface area contributed by atoms with Crippen LogP contribution in [-0.4, -0.2) is 13.1 Å². The van der Waals surface area contributed by atoms with Gasteiger partial charge in [0.15, 0.2) is 0 Å². The van der Waals surface area contributed by atoms with Gasteiger partial charge in [-0.3, -0.25) is 0 Å². The van der Waals surface area contributed by atoms with E-state index < -0.39 is 0 Å². The molecule has 0 bridgehead atoms. The molecule has 0 aliphatic rings. The summed E-state index contributed by atoms with van der Waals surface area (Å²) in [5.41, 5.74) is 1.29. The van der Waals surface area contributed by atoms with E-state index in [9.17, 15) is 0 Å². The zero-order chi connectivity index (χ0) is 10.4. The highest BCUT2D eigenvalue weighted by Crippen LogP contribution is 2.09. The summed E-state index contributed by atoms with van der Waals surface area (Å²) in [6.07, 6.45) is 1.01. The average Bonchev–Trinajstić information content (AvgIpc) is 2.15. The Morgan fingerprint density at radius 2 is 2.00 bits per heavy atom. The van der Waals surface area contributed by atoms with Gasteiger partial charge >= 0.3 is 0 Å². The fraction of sp³-hybridized carbons (Fsp3) is 0.273. The fourth-order valence-electron chi connectivity index (χ4n) is 1.11. The van der Waals surface area contributed by atoms with Gasteiger partial charge in [0.05, 0.1) is 0 Å². The van der Waals surface area contributed by atoms with Gasteiger partial charge < -0.3 is 5.32 Å². The smallest absolute Gasteiger partial charge is 0.0406 e. The highest BCUT2D eigenvalue weighted by atomic mass is 79.9. The summed E-state index contributed by atoms with van der Waals surface area (Å²) in [5, 5.41) is 4.06. The molecule has 14 heavy (non-hydrogen) atoms. The molecule has 0 atom stereocenters. The van der Waals surface area contributed by atoms with Crippen LogP contribution in [0.15, 0.2) is 35.3 Å². The molecule has 0 saturated carbocycles. The first-order valence-electron chi connectivity index (χ1n) is 4.47. The molecule has 1 nitrogen and oxygen atoms in total. The molecule has 1 N–H and O–H groups in total. The molecule has 0 aliphatic carbocycles. The minimum absolute atomic E-state index is 0.788. The first-order chi connectivity index (χ1) is 6.68. The Hall–Kier alpha value is -0.310. The van der Waals surface area contributed by atoms with Crippen LogP contribution in [0.3, 0.4) is 0 Å². The van der Waals surface area contributed by atoms with Crippen LogP contribution >= 0.6 is 27.5 Å². The van der Waals surface area contributed by atoms with Gasteiger partial charge in [0.25, 0.3) is 0 Å². The summed E-state index contributed by atoms with van der Waals surface area (Å²) in [4.78, 5) is 0. The van der Waals surface area contributed by atoms with E-state index in [0.29, 0.717) is 0 Å². The number of nitrogens with one attached hydrogen (secondary N) is 1. The van der Waals surface area contributed by atoms with E-state index in [1.54, 1.807) is 0 Å². The maximum absolute atomic E-state index is 5.78. The van der Waals surface area contributed by atoms with E-state index in [4.69, 9.17) is 11.6 Å². The van der Waals surface area contributed by atoms with Gasteiger partial charge in [-0.25, -0.2) is 0 Å². The Morgan fingerprint density at radius 3 is 2.57 bits per heavy atom. The SMILES string of the molecule is C=C(Br)CNCCc1ccc(Cl)cc1. The van der Waals surface area contributed by atoms with Crippen molar-refractivity contribution in [1.29, 1.82) is 0 Å². The standard InChI is InChI=1S/C11H13BrClN/c1-9(12)8-14-7-6-10-2-4-11(13)5-3-10/h2-5,14H,1,6-8H2. The molecule has 3 heteroatoms. The van der Waals surface area contributed by atoms with Crippen molar-refractivity contribution in [2.24, 2.45) is 0 Å². The first kappa shape index (κ1) is 11.8. The van der Waals surface area contributed by atoms with Gasteiger partial charge in [0, 0.05) is 16.0 Å². The summed E-state index contributed by atoms with van der Waals surface area (Å²) >= 11 is 9.08. The van der Waals surface area contributed by atoms with Crippen molar-refractivity contribution < 1.29 is 0 Å². The van der Waals surface area contributed by atoms with Crippen LogP contribution in [0.1, 0.15) is 5.56 Å². The van der Waals surface area contributed by atoms with E-state index in [1.807, 2.05) is 24.3 Å². The lowest BCUT2D eigenvalue weighted by molar-refractivity contribution is 0.742. The maximum Gasteiger partial charge on any atom is 0.0406 e. The second kappa shape index (κ2) is 6.23. The predicted octanol–water partition coefficient (Wildman–Crippen LogP) is 3.38. The van der Waals surface area contributed by atoms with Crippen molar-refractivity contribution >= 4 is 27.5 Å². The van der Waals surface area contributed by atoms with Gasteiger partial charge in [0.1, 0.15) is 0 Å². The van der Waals surface area contributed by atoms with Crippen LogP contribution in [0.2, 0.25) is 5.02 Å². The highest BCUT2D eigenvalue weighted by molar-refractivity contribution is 9.11. The molecule has 0 saturated heterocycles. The summed E-state index contributed by atoms with van der Waals surface area (Å²) in [6.45, 7) is 5.51. The van der Waals surface area contributed by atoms with Crippen LogP contribution in [0.4, 0.5) is 0 Å². The Labute approximate surface area is 98.3 Å². The monoisotopic (exact) mass is 273 g/mol. The zero-order valence-corrected chi connectivity index (χ0v) is 10.2. The van der Waals surface area contributed by atoms with Gasteiger partial charge in [-0.05, 0) is 30.7 Å². The topological polar surface area (TPSA) is 12.0 Å². The maximum atomic E-state index is 5.78. The largest absolute Gasteiger partial charge is 0.312 e. The number of rotatable bonds is 5. The zero-order valence-electron chi connectivity index (χ0n) is 7.89. The van der Waals surface area contributed by atoms with Crippen molar-refractivity contribution in [3.63, 3.8) is 0 Å². The minimum Gasteiger partial charge on any atom is -0.312 e. The summed E-state index contributed by atoms with van der Waals surface area (Å²) in [7, 11) is 0. The lowest BCUT2D eigenvalue weighted by atomic mass is 10.1. The molecule has 76 valence electrons. The van der Waals surface area contributed by atoms with Gasteiger partial charge in [-0.15, -0.1) is 0 Å². The molecular formula is C11H13BrClN. The number of benzene rings is 1. The lowest BCUT2D eigenvalue weighted by Gasteiger charge is -2.03. The quantitative estimate of drug-likeness (QED) is 0.812. The van der Waals surface area contributed by atoms with E-state index in [1.165, 1.54) is 5.56 Å². The summed E-state index contributed by atoms with van der Waals surface area (Å²) in [5.74, 6) is 0. The minimum atomic E-state index is 0.788. The third-order valence-electron chi connectivity index (χ3n) is 1.82. The molecule has 0 aromatic heterocycles. The van der Waals surface area contributed by atoms with Crippen molar-refractivity contribution in [2.45, 2.75) is 6.42 Å². The lowest BCUT2D eigenvalue weighted by Crippen LogP contribution is -2.18. The Bertz CT molecular complexity index is 295. The third-order valence-corrected chi connectivity index (χ3v) is 2.35. The van der Waals surface area contributed by atoms with Crippen LogP contribution in [0.5, 0.6) is 0 Å². The predicted molar refractivity (Wildman–Crippen MR) is 66.1 cm³/mol. The Morgan fingerprint density at radius 1 is 1.36 bits per heavy atom. The molecule has 0 fully saturated rings. The normalized spacial score (nSPS) is 10.1.